The molecule has 0 unspecified atom stereocenters. The smallest absolute Gasteiger partial charge is 0.0717 e. The minimum absolute atomic E-state index is 0.00632. The van der Waals surface area contributed by atoms with Crippen LogP contribution >= 0.6 is 0 Å². The van der Waals surface area contributed by atoms with Crippen LogP contribution in [0.25, 0.3) is 0 Å². The zero-order valence-electron chi connectivity index (χ0n) is 16.8. The largest absolute Gasteiger partial charge is 0.377 e. The van der Waals surface area contributed by atoms with Crippen molar-refractivity contribution in [2.45, 2.75) is 39.3 Å². The first-order valence-electron chi connectivity index (χ1n) is 10.1. The minimum atomic E-state index is -0.00632. The number of rotatable bonds is 5. The van der Waals surface area contributed by atoms with Gasteiger partial charge < -0.3 is 15.4 Å². The molecule has 2 aromatic carbocycles. The van der Waals surface area contributed by atoms with Crippen LogP contribution in [0.4, 0.5) is 11.4 Å². The predicted octanol–water partition coefficient (Wildman–Crippen LogP) is 4.01. The first-order valence-corrected chi connectivity index (χ1v) is 10.1. The van der Waals surface area contributed by atoms with E-state index in [-0.39, 0.29) is 5.41 Å². The van der Waals surface area contributed by atoms with Crippen LogP contribution in [-0.4, -0.2) is 37.7 Å². The topological polar surface area (TPSA) is 36.5 Å². The normalized spacial score (nSPS) is 18.5. The van der Waals surface area contributed by atoms with Crippen molar-refractivity contribution in [1.82, 2.24) is 10.2 Å². The number of hydrogen-bond acceptors (Lipinski definition) is 4. The van der Waals surface area contributed by atoms with Gasteiger partial charge in [-0.15, -0.1) is 0 Å². The van der Waals surface area contributed by atoms with Gasteiger partial charge >= 0.3 is 0 Å². The van der Waals surface area contributed by atoms with E-state index in [9.17, 15) is 0 Å². The highest BCUT2D eigenvalue weighted by atomic mass is 16.5. The molecular formula is C23H31N3O. The summed E-state index contributed by atoms with van der Waals surface area (Å²) in [5.41, 5.74) is 7.78. The average Bonchev–Trinajstić information content (AvgIpc) is 2.67. The molecule has 144 valence electrons. The minimum Gasteiger partial charge on any atom is -0.377 e. The molecule has 0 radical (unpaired) electrons. The van der Waals surface area contributed by atoms with Gasteiger partial charge in [-0.1, -0.05) is 38.1 Å². The summed E-state index contributed by atoms with van der Waals surface area (Å²) in [6.45, 7) is 13.5. The number of fused-ring (bicyclic) bond motifs is 2. The second-order valence-corrected chi connectivity index (χ2v) is 8.17. The molecule has 2 heterocycles. The van der Waals surface area contributed by atoms with E-state index in [0.717, 1.165) is 39.3 Å². The van der Waals surface area contributed by atoms with Crippen LogP contribution in [0.5, 0.6) is 0 Å². The molecule has 0 bridgehead atoms. The van der Waals surface area contributed by atoms with E-state index >= 15 is 0 Å². The molecule has 4 rings (SSSR count). The summed E-state index contributed by atoms with van der Waals surface area (Å²) in [7, 11) is 0. The van der Waals surface area contributed by atoms with Crippen molar-refractivity contribution in [2.24, 2.45) is 0 Å². The van der Waals surface area contributed by atoms with E-state index in [4.69, 9.17) is 4.74 Å². The third-order valence-electron chi connectivity index (χ3n) is 5.87. The van der Waals surface area contributed by atoms with Crippen LogP contribution in [0.15, 0.2) is 36.4 Å². The molecule has 2 aliphatic heterocycles. The summed E-state index contributed by atoms with van der Waals surface area (Å²) in [4.78, 5) is 2.53. The van der Waals surface area contributed by atoms with Crippen molar-refractivity contribution < 1.29 is 4.74 Å². The fourth-order valence-corrected chi connectivity index (χ4v) is 4.31. The molecule has 2 aromatic rings. The van der Waals surface area contributed by atoms with Gasteiger partial charge in [-0.05, 0) is 41.3 Å². The molecule has 0 saturated carbocycles. The van der Waals surface area contributed by atoms with Crippen molar-refractivity contribution >= 4 is 11.4 Å². The molecule has 0 atom stereocenters. The Kier molecular flexibility index (Phi) is 5.22. The van der Waals surface area contributed by atoms with Gasteiger partial charge in [-0.2, -0.15) is 0 Å². The first kappa shape index (κ1) is 18.5. The second kappa shape index (κ2) is 7.63. The van der Waals surface area contributed by atoms with Crippen molar-refractivity contribution in [3.05, 3.63) is 58.7 Å². The molecule has 2 aliphatic rings. The molecule has 0 aliphatic carbocycles. The molecule has 1 fully saturated rings. The molecule has 27 heavy (non-hydrogen) atoms. The van der Waals surface area contributed by atoms with Crippen molar-refractivity contribution in [2.75, 3.05) is 38.1 Å². The predicted molar refractivity (Wildman–Crippen MR) is 112 cm³/mol. The SMILES string of the molecule is CCOCc1ccc2c(c1)Nc1cc(CN3CCNCC3)ccc1C2(C)C. The van der Waals surface area contributed by atoms with E-state index in [1.807, 2.05) is 6.92 Å². The Bertz CT molecular complexity index is 809. The number of nitrogens with zero attached hydrogens (tertiary/aromatic N) is 1. The summed E-state index contributed by atoms with van der Waals surface area (Å²) < 4.78 is 5.60. The summed E-state index contributed by atoms with van der Waals surface area (Å²) in [6, 6.07) is 13.7. The maximum Gasteiger partial charge on any atom is 0.0717 e. The van der Waals surface area contributed by atoms with Crippen LogP contribution in [0.1, 0.15) is 43.0 Å². The van der Waals surface area contributed by atoms with Gasteiger partial charge in [0.1, 0.15) is 0 Å². The van der Waals surface area contributed by atoms with E-state index in [1.165, 1.54) is 33.6 Å². The Morgan fingerprint density at radius 2 is 1.59 bits per heavy atom. The Labute approximate surface area is 162 Å². The van der Waals surface area contributed by atoms with Gasteiger partial charge in [0.15, 0.2) is 0 Å². The summed E-state index contributed by atoms with van der Waals surface area (Å²) in [6.07, 6.45) is 0. The quantitative estimate of drug-likeness (QED) is 0.839. The Morgan fingerprint density at radius 3 is 2.26 bits per heavy atom. The summed E-state index contributed by atoms with van der Waals surface area (Å²) in [5, 5.41) is 7.13. The van der Waals surface area contributed by atoms with Crippen molar-refractivity contribution in [3.8, 4) is 0 Å². The van der Waals surface area contributed by atoms with Crippen LogP contribution < -0.4 is 10.6 Å². The molecule has 4 heteroatoms. The summed E-state index contributed by atoms with van der Waals surface area (Å²) >= 11 is 0. The zero-order chi connectivity index (χ0) is 18.9. The lowest BCUT2D eigenvalue weighted by molar-refractivity contribution is 0.134. The lowest BCUT2D eigenvalue weighted by Gasteiger charge is -2.36. The Morgan fingerprint density at radius 1 is 0.963 bits per heavy atom. The number of piperazine rings is 1. The van der Waals surface area contributed by atoms with E-state index < -0.39 is 0 Å². The molecule has 1 saturated heterocycles. The fraction of sp³-hybridized carbons (Fsp3) is 0.478. The Hall–Kier alpha value is -1.88. The fourth-order valence-electron chi connectivity index (χ4n) is 4.31. The molecule has 0 spiro atoms. The molecule has 0 amide bonds. The Balaban J connectivity index is 1.61. The van der Waals surface area contributed by atoms with Gasteiger partial charge in [0.05, 0.1) is 6.61 Å². The zero-order valence-corrected chi connectivity index (χ0v) is 16.8. The highest BCUT2D eigenvalue weighted by Gasteiger charge is 2.32. The van der Waals surface area contributed by atoms with Gasteiger partial charge in [-0.25, -0.2) is 0 Å². The monoisotopic (exact) mass is 365 g/mol. The number of hydrogen-bond donors (Lipinski definition) is 2. The van der Waals surface area contributed by atoms with Gasteiger partial charge in [0.25, 0.3) is 0 Å². The molecule has 2 N–H and O–H groups in total. The van der Waals surface area contributed by atoms with E-state index in [2.05, 4.69) is 65.8 Å². The maximum absolute atomic E-state index is 5.60. The molecular weight excluding hydrogens is 334 g/mol. The van der Waals surface area contributed by atoms with Crippen LogP contribution in [0.3, 0.4) is 0 Å². The van der Waals surface area contributed by atoms with E-state index in [1.54, 1.807) is 0 Å². The van der Waals surface area contributed by atoms with Crippen molar-refractivity contribution in [1.29, 1.82) is 0 Å². The second-order valence-electron chi connectivity index (χ2n) is 8.17. The number of benzene rings is 2. The third kappa shape index (κ3) is 3.75. The lowest BCUT2D eigenvalue weighted by atomic mass is 9.74. The maximum atomic E-state index is 5.60. The van der Waals surface area contributed by atoms with Crippen LogP contribution in [-0.2, 0) is 23.3 Å². The van der Waals surface area contributed by atoms with Crippen LogP contribution in [0.2, 0.25) is 0 Å². The number of ether oxygens (including phenoxy) is 1. The summed E-state index contributed by atoms with van der Waals surface area (Å²) in [5.74, 6) is 0. The number of nitrogens with one attached hydrogen (secondary N) is 2. The van der Waals surface area contributed by atoms with Crippen LogP contribution in [0, 0.1) is 0 Å². The average molecular weight is 366 g/mol. The van der Waals surface area contributed by atoms with Crippen molar-refractivity contribution in [3.63, 3.8) is 0 Å². The van der Waals surface area contributed by atoms with E-state index in [0.29, 0.717) is 6.61 Å². The standard InChI is InChI=1S/C23H31N3O/c1-4-27-16-18-6-8-20-22(14-18)25-21-13-17(5-7-19(21)23(20,2)3)15-26-11-9-24-10-12-26/h5-8,13-14,24-25H,4,9-12,15-16H2,1-3H3. The first-order chi connectivity index (χ1) is 13.1. The number of anilines is 2. The van der Waals surface area contributed by atoms with Gasteiger partial charge in [0, 0.05) is 56.1 Å². The molecule has 0 aromatic heterocycles. The van der Waals surface area contributed by atoms with Gasteiger partial charge in [0.2, 0.25) is 0 Å². The highest BCUT2D eigenvalue weighted by molar-refractivity contribution is 5.76. The molecule has 4 nitrogen and oxygen atoms in total. The third-order valence-corrected chi connectivity index (χ3v) is 5.87. The lowest BCUT2D eigenvalue weighted by Crippen LogP contribution is -2.42. The van der Waals surface area contributed by atoms with Gasteiger partial charge in [-0.3, -0.25) is 4.90 Å². The highest BCUT2D eigenvalue weighted by Crippen LogP contribution is 2.45.